The number of ketones is 1. The molecule has 2 heterocycles. The summed E-state index contributed by atoms with van der Waals surface area (Å²) in [5.41, 5.74) is 0.132. The Morgan fingerprint density at radius 3 is 2.82 bits per heavy atom. The fourth-order valence-electron chi connectivity index (χ4n) is 1.67. The van der Waals surface area contributed by atoms with Gasteiger partial charge in [-0.05, 0) is 23.6 Å². The molecule has 4 heteroatoms. The lowest BCUT2D eigenvalue weighted by atomic mass is 10.2. The first-order valence-electron chi connectivity index (χ1n) is 5.02. The molecule has 3 rings (SSSR count). The zero-order chi connectivity index (χ0) is 11.8. The highest BCUT2D eigenvalue weighted by Crippen LogP contribution is 2.24. The highest BCUT2D eigenvalue weighted by molar-refractivity contribution is 7.12. The van der Waals surface area contributed by atoms with Crippen LogP contribution in [0.25, 0.3) is 11.0 Å². The van der Waals surface area contributed by atoms with Gasteiger partial charge in [-0.2, -0.15) is 0 Å². The van der Waals surface area contributed by atoms with Gasteiger partial charge in [-0.25, -0.2) is 4.39 Å². The van der Waals surface area contributed by atoms with E-state index in [0.717, 1.165) is 0 Å². The van der Waals surface area contributed by atoms with Crippen molar-refractivity contribution in [2.45, 2.75) is 0 Å². The van der Waals surface area contributed by atoms with Crippen LogP contribution in [-0.4, -0.2) is 5.78 Å². The van der Waals surface area contributed by atoms with Crippen LogP contribution in [0.15, 0.2) is 46.2 Å². The van der Waals surface area contributed by atoms with Gasteiger partial charge in [0, 0.05) is 5.39 Å². The van der Waals surface area contributed by atoms with E-state index in [1.54, 1.807) is 30.3 Å². The van der Waals surface area contributed by atoms with Crippen molar-refractivity contribution in [3.8, 4) is 0 Å². The number of furan rings is 1. The van der Waals surface area contributed by atoms with Crippen molar-refractivity contribution in [3.63, 3.8) is 0 Å². The number of para-hydroxylation sites is 1. The van der Waals surface area contributed by atoms with E-state index in [0.29, 0.717) is 10.3 Å². The Kier molecular flexibility index (Phi) is 2.30. The average molecular weight is 246 g/mol. The molecule has 2 nitrogen and oxygen atoms in total. The summed E-state index contributed by atoms with van der Waals surface area (Å²) in [5, 5.41) is 2.42. The highest BCUT2D eigenvalue weighted by Gasteiger charge is 2.16. The summed E-state index contributed by atoms with van der Waals surface area (Å²) in [6.45, 7) is 0. The lowest BCUT2D eigenvalue weighted by Gasteiger charge is -1.91. The standard InChI is InChI=1S/C13H7FO2S/c14-9-4-1-3-8-7-10(16-13(8)9)12(15)11-5-2-6-17-11/h1-7H. The third kappa shape index (κ3) is 1.66. The van der Waals surface area contributed by atoms with Gasteiger partial charge >= 0.3 is 0 Å². The summed E-state index contributed by atoms with van der Waals surface area (Å²) in [7, 11) is 0. The number of thiophene rings is 1. The molecule has 84 valence electrons. The molecule has 3 aromatic rings. The Balaban J connectivity index is 2.13. The minimum Gasteiger partial charge on any atom is -0.449 e. The topological polar surface area (TPSA) is 30.2 Å². The highest BCUT2D eigenvalue weighted by atomic mass is 32.1. The molecule has 0 aliphatic heterocycles. The van der Waals surface area contributed by atoms with Crippen LogP contribution >= 0.6 is 11.3 Å². The second-order valence-corrected chi connectivity index (χ2v) is 4.52. The molecule has 17 heavy (non-hydrogen) atoms. The van der Waals surface area contributed by atoms with Gasteiger partial charge in [0.15, 0.2) is 17.2 Å². The van der Waals surface area contributed by atoms with Crippen LogP contribution in [-0.2, 0) is 0 Å². The number of benzene rings is 1. The first-order chi connectivity index (χ1) is 8.25. The van der Waals surface area contributed by atoms with E-state index in [1.165, 1.54) is 17.4 Å². The molecule has 0 fully saturated rings. The van der Waals surface area contributed by atoms with Crippen molar-refractivity contribution in [1.82, 2.24) is 0 Å². The number of carbonyl (C=O) groups excluding carboxylic acids is 1. The molecule has 0 radical (unpaired) electrons. The number of hydrogen-bond donors (Lipinski definition) is 0. The molecule has 0 spiro atoms. The Labute approximate surface area is 100 Å². The fourth-order valence-corrected chi connectivity index (χ4v) is 2.34. The molecule has 1 aromatic carbocycles. The van der Waals surface area contributed by atoms with Crippen LogP contribution in [0, 0.1) is 5.82 Å². The fraction of sp³-hybridized carbons (Fsp3) is 0. The predicted molar refractivity (Wildman–Crippen MR) is 63.9 cm³/mol. The van der Waals surface area contributed by atoms with E-state index < -0.39 is 5.82 Å². The number of rotatable bonds is 2. The zero-order valence-electron chi connectivity index (χ0n) is 8.64. The number of fused-ring (bicyclic) bond motifs is 1. The first kappa shape index (κ1) is 10.2. The van der Waals surface area contributed by atoms with E-state index in [4.69, 9.17) is 4.42 Å². The second-order valence-electron chi connectivity index (χ2n) is 3.58. The molecule has 0 N–H and O–H groups in total. The number of hydrogen-bond acceptors (Lipinski definition) is 3. The maximum Gasteiger partial charge on any atom is 0.238 e. The predicted octanol–water partition coefficient (Wildman–Crippen LogP) is 3.86. The van der Waals surface area contributed by atoms with Gasteiger partial charge in [-0.15, -0.1) is 11.3 Å². The Morgan fingerprint density at radius 1 is 1.24 bits per heavy atom. The SMILES string of the molecule is O=C(c1cc2cccc(F)c2o1)c1cccs1. The van der Waals surface area contributed by atoms with Crippen molar-refractivity contribution >= 4 is 28.1 Å². The Hall–Kier alpha value is -1.94. The van der Waals surface area contributed by atoms with E-state index in [1.807, 2.05) is 5.38 Å². The van der Waals surface area contributed by atoms with E-state index in [9.17, 15) is 9.18 Å². The summed E-state index contributed by atoms with van der Waals surface area (Å²) < 4.78 is 18.7. The molecular formula is C13H7FO2S. The summed E-state index contributed by atoms with van der Waals surface area (Å²) in [6, 6.07) is 9.70. The van der Waals surface area contributed by atoms with Gasteiger partial charge in [-0.3, -0.25) is 4.79 Å². The third-order valence-corrected chi connectivity index (χ3v) is 3.33. The molecule has 0 saturated carbocycles. The molecule has 0 aliphatic carbocycles. The van der Waals surface area contributed by atoms with Crippen molar-refractivity contribution in [2.75, 3.05) is 0 Å². The van der Waals surface area contributed by atoms with Crippen molar-refractivity contribution < 1.29 is 13.6 Å². The van der Waals surface area contributed by atoms with Gasteiger partial charge in [0.25, 0.3) is 0 Å². The Morgan fingerprint density at radius 2 is 2.12 bits per heavy atom. The minimum absolute atomic E-state index is 0.132. The van der Waals surface area contributed by atoms with Crippen molar-refractivity contribution in [1.29, 1.82) is 0 Å². The molecule has 2 aromatic heterocycles. The molecule has 0 aliphatic rings. The molecule has 0 atom stereocenters. The summed E-state index contributed by atoms with van der Waals surface area (Å²) in [6.07, 6.45) is 0. The summed E-state index contributed by atoms with van der Waals surface area (Å²) in [4.78, 5) is 12.6. The third-order valence-electron chi connectivity index (χ3n) is 2.46. The summed E-state index contributed by atoms with van der Waals surface area (Å²) in [5.74, 6) is -0.490. The van der Waals surface area contributed by atoms with E-state index >= 15 is 0 Å². The monoisotopic (exact) mass is 246 g/mol. The smallest absolute Gasteiger partial charge is 0.238 e. The normalized spacial score (nSPS) is 10.9. The van der Waals surface area contributed by atoms with Gasteiger partial charge in [0.1, 0.15) is 0 Å². The van der Waals surface area contributed by atoms with Crippen LogP contribution in [0.5, 0.6) is 0 Å². The Bertz CT molecular complexity index is 683. The molecule has 0 amide bonds. The van der Waals surface area contributed by atoms with Crippen LogP contribution in [0.1, 0.15) is 15.4 Å². The van der Waals surface area contributed by atoms with Gasteiger partial charge in [0.2, 0.25) is 5.78 Å². The molecule has 0 saturated heterocycles. The molecular weight excluding hydrogens is 239 g/mol. The average Bonchev–Trinajstić information content (AvgIpc) is 2.98. The van der Waals surface area contributed by atoms with E-state index in [-0.39, 0.29) is 17.1 Å². The maximum atomic E-state index is 13.4. The van der Waals surface area contributed by atoms with Crippen LogP contribution in [0.4, 0.5) is 4.39 Å². The second kappa shape index (κ2) is 3.82. The van der Waals surface area contributed by atoms with Crippen molar-refractivity contribution in [2.24, 2.45) is 0 Å². The van der Waals surface area contributed by atoms with Gasteiger partial charge < -0.3 is 4.42 Å². The van der Waals surface area contributed by atoms with Crippen LogP contribution in [0.2, 0.25) is 0 Å². The molecule has 0 unspecified atom stereocenters. The maximum absolute atomic E-state index is 13.4. The van der Waals surface area contributed by atoms with Crippen LogP contribution in [0.3, 0.4) is 0 Å². The summed E-state index contributed by atoms with van der Waals surface area (Å²) >= 11 is 1.34. The zero-order valence-corrected chi connectivity index (χ0v) is 9.46. The van der Waals surface area contributed by atoms with Gasteiger partial charge in [-0.1, -0.05) is 18.2 Å². The lowest BCUT2D eigenvalue weighted by molar-refractivity contribution is 0.101. The number of halogens is 1. The minimum atomic E-state index is -0.451. The number of carbonyl (C=O) groups is 1. The van der Waals surface area contributed by atoms with Gasteiger partial charge in [0.05, 0.1) is 4.88 Å². The lowest BCUT2D eigenvalue weighted by Crippen LogP contribution is -1.95. The first-order valence-corrected chi connectivity index (χ1v) is 5.90. The van der Waals surface area contributed by atoms with Crippen molar-refractivity contribution in [3.05, 3.63) is 58.2 Å². The molecule has 0 bridgehead atoms. The van der Waals surface area contributed by atoms with Crippen LogP contribution < -0.4 is 0 Å². The quantitative estimate of drug-likeness (QED) is 0.642. The largest absolute Gasteiger partial charge is 0.449 e. The van der Waals surface area contributed by atoms with E-state index in [2.05, 4.69) is 0 Å².